The van der Waals surface area contributed by atoms with Gasteiger partial charge >= 0.3 is 0 Å². The second-order valence-corrected chi connectivity index (χ2v) is 9.23. The average molecular weight is 423 g/mol. The largest absolute Gasteiger partial charge is 0.336 e. The molecule has 0 bridgehead atoms. The van der Waals surface area contributed by atoms with Crippen LogP contribution in [0.5, 0.6) is 0 Å². The van der Waals surface area contributed by atoms with Crippen LogP contribution in [0.2, 0.25) is 10.0 Å². The molecule has 1 heterocycles. The first-order chi connectivity index (χ1) is 12.9. The lowest BCUT2D eigenvalue weighted by Crippen LogP contribution is -2.27. The van der Waals surface area contributed by atoms with E-state index in [-0.39, 0.29) is 10.6 Å². The monoisotopic (exact) mass is 422 g/mol. The van der Waals surface area contributed by atoms with Crippen LogP contribution in [0.3, 0.4) is 0 Å². The van der Waals surface area contributed by atoms with E-state index in [1.54, 1.807) is 6.20 Å². The van der Waals surface area contributed by atoms with Gasteiger partial charge in [0.1, 0.15) is 5.82 Å². The molecule has 0 saturated carbocycles. The van der Waals surface area contributed by atoms with E-state index in [1.807, 2.05) is 54.6 Å². The molecule has 0 spiro atoms. The number of hydrogen-bond acceptors (Lipinski definition) is 2. The molecule has 1 unspecified atom stereocenters. The lowest BCUT2D eigenvalue weighted by molar-refractivity contribution is 0.495. The number of aryl methyl sites for hydroxylation is 1. The highest BCUT2D eigenvalue weighted by molar-refractivity contribution is 7.99. The molecule has 27 heavy (non-hydrogen) atoms. The fraction of sp³-hybridized carbons (Fsp3) is 0.286. The van der Waals surface area contributed by atoms with Crippen LogP contribution < -0.4 is 0 Å². The smallest absolute Gasteiger partial charge is 0.123 e. The van der Waals surface area contributed by atoms with Crippen molar-refractivity contribution >= 4 is 35.0 Å². The molecule has 0 N–H and O–H groups in total. The number of halogens is 3. The number of aromatic nitrogens is 2. The van der Waals surface area contributed by atoms with Gasteiger partial charge in [-0.1, -0.05) is 41.4 Å². The third-order valence-electron chi connectivity index (χ3n) is 4.50. The molecule has 3 rings (SSSR count). The summed E-state index contributed by atoms with van der Waals surface area (Å²) < 4.78 is 15.2. The number of thioether (sulfide) groups is 1. The molecule has 142 valence electrons. The Morgan fingerprint density at radius 2 is 1.81 bits per heavy atom. The zero-order chi connectivity index (χ0) is 19.3. The van der Waals surface area contributed by atoms with Crippen molar-refractivity contribution in [1.82, 2.24) is 9.55 Å². The van der Waals surface area contributed by atoms with E-state index in [0.29, 0.717) is 10.0 Å². The SMILES string of the molecule is CC(CCc1ccc(F)cc1)(Cn1ccnc1)SCc1ccc(Cl)c(Cl)c1. The molecule has 0 aliphatic rings. The summed E-state index contributed by atoms with van der Waals surface area (Å²) in [6, 6.07) is 12.5. The highest BCUT2D eigenvalue weighted by Crippen LogP contribution is 2.35. The quantitative estimate of drug-likeness (QED) is 0.404. The topological polar surface area (TPSA) is 17.8 Å². The van der Waals surface area contributed by atoms with Crippen molar-refractivity contribution in [2.75, 3.05) is 0 Å². The second kappa shape index (κ2) is 9.13. The number of hydrogen-bond donors (Lipinski definition) is 0. The molecule has 0 saturated heterocycles. The van der Waals surface area contributed by atoms with Gasteiger partial charge in [0.25, 0.3) is 0 Å². The Morgan fingerprint density at radius 1 is 1.07 bits per heavy atom. The fourth-order valence-electron chi connectivity index (χ4n) is 2.91. The Labute approximate surface area is 173 Å². The first-order valence-electron chi connectivity index (χ1n) is 8.72. The first kappa shape index (κ1) is 20.2. The summed E-state index contributed by atoms with van der Waals surface area (Å²) in [5, 5.41) is 1.15. The van der Waals surface area contributed by atoms with Crippen molar-refractivity contribution in [3.8, 4) is 0 Å². The zero-order valence-corrected chi connectivity index (χ0v) is 17.4. The Hall–Kier alpha value is -1.49. The predicted octanol–water partition coefficient (Wildman–Crippen LogP) is 6.65. The summed E-state index contributed by atoms with van der Waals surface area (Å²) in [6.45, 7) is 3.11. The van der Waals surface area contributed by atoms with Crippen LogP contribution in [0.1, 0.15) is 24.5 Å². The molecule has 1 atom stereocenters. The lowest BCUT2D eigenvalue weighted by atomic mass is 10.00. The van der Waals surface area contributed by atoms with Crippen LogP contribution in [0.15, 0.2) is 61.2 Å². The number of imidazole rings is 1. The van der Waals surface area contributed by atoms with Crippen molar-refractivity contribution in [2.24, 2.45) is 0 Å². The number of benzene rings is 2. The van der Waals surface area contributed by atoms with E-state index < -0.39 is 0 Å². The van der Waals surface area contributed by atoms with E-state index >= 15 is 0 Å². The molecule has 6 heteroatoms. The Kier molecular flexibility index (Phi) is 6.85. The van der Waals surface area contributed by atoms with Gasteiger partial charge in [0.05, 0.1) is 16.4 Å². The van der Waals surface area contributed by atoms with Gasteiger partial charge in [-0.25, -0.2) is 9.37 Å². The third kappa shape index (κ3) is 6.00. The Morgan fingerprint density at radius 3 is 2.48 bits per heavy atom. The van der Waals surface area contributed by atoms with E-state index in [2.05, 4.69) is 16.5 Å². The standard InChI is InChI=1S/C21H21Cl2FN2S/c1-21(14-26-11-10-25-15-26,9-8-16-2-5-18(24)6-3-16)27-13-17-4-7-19(22)20(23)12-17/h2-7,10-12,15H,8-9,13-14H2,1H3. The van der Waals surface area contributed by atoms with Crippen molar-refractivity contribution < 1.29 is 4.39 Å². The van der Waals surface area contributed by atoms with Gasteiger partial charge in [0.2, 0.25) is 0 Å². The summed E-state index contributed by atoms with van der Waals surface area (Å²) in [5.41, 5.74) is 2.29. The predicted molar refractivity (Wildman–Crippen MR) is 113 cm³/mol. The minimum Gasteiger partial charge on any atom is -0.336 e. The third-order valence-corrected chi connectivity index (χ3v) is 6.75. The molecule has 0 amide bonds. The van der Waals surface area contributed by atoms with Crippen LogP contribution in [0.4, 0.5) is 4.39 Å². The van der Waals surface area contributed by atoms with E-state index in [4.69, 9.17) is 23.2 Å². The number of nitrogens with zero attached hydrogens (tertiary/aromatic N) is 2. The van der Waals surface area contributed by atoms with Crippen molar-refractivity contribution in [2.45, 2.75) is 36.8 Å². The molecule has 0 fully saturated rings. The van der Waals surface area contributed by atoms with Crippen molar-refractivity contribution in [3.05, 3.63) is 88.2 Å². The summed E-state index contributed by atoms with van der Waals surface area (Å²) in [7, 11) is 0. The molecule has 0 radical (unpaired) electrons. The van der Waals surface area contributed by atoms with Crippen molar-refractivity contribution in [3.63, 3.8) is 0 Å². The molecule has 1 aromatic heterocycles. The van der Waals surface area contributed by atoms with Crippen LogP contribution >= 0.6 is 35.0 Å². The highest BCUT2D eigenvalue weighted by Gasteiger charge is 2.25. The van der Waals surface area contributed by atoms with Gasteiger partial charge in [-0.15, -0.1) is 11.8 Å². The average Bonchev–Trinajstić information content (AvgIpc) is 3.15. The maximum atomic E-state index is 13.1. The van der Waals surface area contributed by atoms with Crippen LogP contribution in [-0.2, 0) is 18.7 Å². The van der Waals surface area contributed by atoms with E-state index in [0.717, 1.165) is 36.3 Å². The Balaban J connectivity index is 1.70. The van der Waals surface area contributed by atoms with Gasteiger partial charge in [-0.2, -0.15) is 0 Å². The van der Waals surface area contributed by atoms with E-state index in [9.17, 15) is 4.39 Å². The second-order valence-electron chi connectivity index (χ2n) is 6.85. The maximum absolute atomic E-state index is 13.1. The molecule has 0 aliphatic carbocycles. The summed E-state index contributed by atoms with van der Waals surface area (Å²) in [5.74, 6) is 0.639. The molecular formula is C21H21Cl2FN2S. The molecule has 2 nitrogen and oxygen atoms in total. The minimum atomic E-state index is -0.200. The van der Waals surface area contributed by atoms with Crippen LogP contribution in [0.25, 0.3) is 0 Å². The lowest BCUT2D eigenvalue weighted by Gasteiger charge is -2.30. The van der Waals surface area contributed by atoms with Gasteiger partial charge in [0, 0.05) is 29.4 Å². The number of rotatable bonds is 8. The van der Waals surface area contributed by atoms with Gasteiger partial charge < -0.3 is 4.57 Å². The summed E-state index contributed by atoms with van der Waals surface area (Å²) >= 11 is 14.1. The molecular weight excluding hydrogens is 402 g/mol. The van der Waals surface area contributed by atoms with Gasteiger partial charge in [-0.3, -0.25) is 0 Å². The normalized spacial score (nSPS) is 13.5. The molecule has 0 aliphatic heterocycles. The minimum absolute atomic E-state index is 0.0127. The van der Waals surface area contributed by atoms with Crippen LogP contribution in [0, 0.1) is 5.82 Å². The highest BCUT2D eigenvalue weighted by atomic mass is 35.5. The first-order valence-corrected chi connectivity index (χ1v) is 10.5. The Bertz CT molecular complexity index is 868. The van der Waals surface area contributed by atoms with Gasteiger partial charge in [0.15, 0.2) is 0 Å². The van der Waals surface area contributed by atoms with Crippen molar-refractivity contribution in [1.29, 1.82) is 0 Å². The molecule has 2 aromatic carbocycles. The zero-order valence-electron chi connectivity index (χ0n) is 15.0. The summed E-state index contributed by atoms with van der Waals surface area (Å²) in [6.07, 6.45) is 7.47. The van der Waals surface area contributed by atoms with E-state index in [1.165, 1.54) is 12.1 Å². The fourth-order valence-corrected chi connectivity index (χ4v) is 4.41. The maximum Gasteiger partial charge on any atom is 0.123 e. The van der Waals surface area contributed by atoms with Crippen LogP contribution in [-0.4, -0.2) is 14.3 Å². The summed E-state index contributed by atoms with van der Waals surface area (Å²) in [4.78, 5) is 4.15. The molecule has 3 aromatic rings. The van der Waals surface area contributed by atoms with Gasteiger partial charge in [-0.05, 0) is 55.2 Å².